The Morgan fingerprint density at radius 1 is 1.12 bits per heavy atom. The van der Waals surface area contributed by atoms with Gasteiger partial charge in [0.25, 0.3) is 0 Å². The second-order valence-corrected chi connectivity index (χ2v) is 5.18. The molecule has 0 aliphatic carbocycles. The second-order valence-electron chi connectivity index (χ2n) is 5.18. The van der Waals surface area contributed by atoms with E-state index in [0.717, 1.165) is 5.69 Å². The molecule has 0 radical (unpaired) electrons. The molecule has 3 rings (SSSR count). The summed E-state index contributed by atoms with van der Waals surface area (Å²) in [6, 6.07) is 14.7. The number of fused-ring (bicyclic) bond motifs is 1. The molecule has 0 atom stereocenters. The van der Waals surface area contributed by atoms with Gasteiger partial charge in [0.1, 0.15) is 11.3 Å². The van der Waals surface area contributed by atoms with Crippen molar-refractivity contribution in [1.82, 2.24) is 4.57 Å². The van der Waals surface area contributed by atoms with Crippen molar-refractivity contribution < 1.29 is 14.3 Å². The van der Waals surface area contributed by atoms with Crippen molar-refractivity contribution in [3.63, 3.8) is 0 Å². The molecule has 0 N–H and O–H groups in total. The van der Waals surface area contributed by atoms with Crippen molar-refractivity contribution in [2.75, 3.05) is 13.7 Å². The van der Waals surface area contributed by atoms with Gasteiger partial charge in [-0.3, -0.25) is 4.79 Å². The third-order valence-corrected chi connectivity index (χ3v) is 3.74. The van der Waals surface area contributed by atoms with Crippen molar-refractivity contribution in [3.8, 4) is 11.4 Å². The fraction of sp³-hybridized carbons (Fsp3) is 0.158. The normalized spacial score (nSPS) is 10.6. The minimum absolute atomic E-state index is 0.00135. The van der Waals surface area contributed by atoms with E-state index in [-0.39, 0.29) is 17.6 Å². The van der Waals surface area contributed by atoms with Crippen LogP contribution in [0.3, 0.4) is 0 Å². The van der Waals surface area contributed by atoms with E-state index < -0.39 is 5.97 Å². The Labute approximate surface area is 139 Å². The van der Waals surface area contributed by atoms with E-state index >= 15 is 0 Å². The van der Waals surface area contributed by atoms with Crippen molar-refractivity contribution in [2.24, 2.45) is 0 Å². The predicted octanol–water partition coefficient (Wildman–Crippen LogP) is 3.18. The second kappa shape index (κ2) is 6.58. The van der Waals surface area contributed by atoms with Crippen molar-refractivity contribution >= 4 is 16.9 Å². The Kier molecular flexibility index (Phi) is 4.33. The summed E-state index contributed by atoms with van der Waals surface area (Å²) in [7, 11) is 1.53. The van der Waals surface area contributed by atoms with E-state index in [1.165, 1.54) is 13.3 Å². The van der Waals surface area contributed by atoms with Crippen LogP contribution in [0, 0.1) is 0 Å². The summed E-state index contributed by atoms with van der Waals surface area (Å²) in [6.07, 6.45) is 1.53. The number of methoxy groups -OCH3 is 1. The quantitative estimate of drug-likeness (QED) is 0.692. The Morgan fingerprint density at radius 2 is 1.88 bits per heavy atom. The summed E-state index contributed by atoms with van der Waals surface area (Å²) in [5.74, 6) is -0.0721. The Bertz CT molecular complexity index is 945. The zero-order valence-corrected chi connectivity index (χ0v) is 13.5. The van der Waals surface area contributed by atoms with Crippen LogP contribution in [-0.4, -0.2) is 24.3 Å². The molecular weight excluding hydrogens is 306 g/mol. The van der Waals surface area contributed by atoms with Gasteiger partial charge in [0.05, 0.1) is 24.6 Å². The molecule has 5 heteroatoms. The number of rotatable bonds is 4. The molecule has 122 valence electrons. The number of benzene rings is 2. The molecule has 0 saturated heterocycles. The Morgan fingerprint density at radius 3 is 2.54 bits per heavy atom. The van der Waals surface area contributed by atoms with Gasteiger partial charge in [-0.25, -0.2) is 4.79 Å². The van der Waals surface area contributed by atoms with E-state index in [1.807, 2.05) is 34.9 Å². The number of pyridine rings is 1. The molecule has 0 aliphatic heterocycles. The lowest BCUT2D eigenvalue weighted by molar-refractivity contribution is 0.0524. The average molecular weight is 323 g/mol. The third kappa shape index (κ3) is 2.76. The van der Waals surface area contributed by atoms with Crippen LogP contribution in [0.4, 0.5) is 0 Å². The highest BCUT2D eigenvalue weighted by molar-refractivity contribution is 5.94. The number of carbonyl (C=O) groups excluding carboxylic acids is 1. The summed E-state index contributed by atoms with van der Waals surface area (Å²) < 4.78 is 12.0. The van der Waals surface area contributed by atoms with Gasteiger partial charge in [0.15, 0.2) is 0 Å². The number of nitrogens with zero attached hydrogens (tertiary/aromatic N) is 1. The van der Waals surface area contributed by atoms with E-state index in [2.05, 4.69) is 0 Å². The first-order valence-electron chi connectivity index (χ1n) is 7.61. The number of esters is 1. The highest BCUT2D eigenvalue weighted by Gasteiger charge is 2.17. The zero-order chi connectivity index (χ0) is 17.1. The first kappa shape index (κ1) is 15.8. The lowest BCUT2D eigenvalue weighted by atomic mass is 10.1. The molecule has 0 fully saturated rings. The van der Waals surface area contributed by atoms with Gasteiger partial charge < -0.3 is 14.0 Å². The molecule has 1 aromatic heterocycles. The molecule has 5 nitrogen and oxygen atoms in total. The maximum absolute atomic E-state index is 12.7. The van der Waals surface area contributed by atoms with E-state index in [4.69, 9.17) is 9.47 Å². The molecule has 0 saturated carbocycles. The van der Waals surface area contributed by atoms with E-state index in [9.17, 15) is 9.59 Å². The fourth-order valence-electron chi connectivity index (χ4n) is 2.59. The Balaban J connectivity index is 2.35. The number of carbonyl (C=O) groups is 1. The molecule has 3 aromatic rings. The number of aromatic nitrogens is 1. The summed E-state index contributed by atoms with van der Waals surface area (Å²) in [5, 5.41) is 0.406. The molecule has 0 spiro atoms. The van der Waals surface area contributed by atoms with Crippen LogP contribution in [0.25, 0.3) is 16.6 Å². The largest absolute Gasteiger partial charge is 0.497 e. The summed E-state index contributed by atoms with van der Waals surface area (Å²) >= 11 is 0. The maximum atomic E-state index is 12.7. The summed E-state index contributed by atoms with van der Waals surface area (Å²) in [4.78, 5) is 24.9. The van der Waals surface area contributed by atoms with Gasteiger partial charge >= 0.3 is 5.97 Å². The van der Waals surface area contributed by atoms with Gasteiger partial charge in [0, 0.05) is 11.9 Å². The van der Waals surface area contributed by atoms with Crippen molar-refractivity contribution in [2.45, 2.75) is 6.92 Å². The smallest absolute Gasteiger partial charge is 0.343 e. The maximum Gasteiger partial charge on any atom is 0.343 e. The molecule has 0 aliphatic rings. The van der Waals surface area contributed by atoms with Crippen LogP contribution in [-0.2, 0) is 4.74 Å². The highest BCUT2D eigenvalue weighted by Crippen LogP contribution is 2.22. The van der Waals surface area contributed by atoms with Gasteiger partial charge in [-0.1, -0.05) is 18.2 Å². The molecular formula is C19H17NO4. The van der Waals surface area contributed by atoms with Gasteiger partial charge in [-0.05, 0) is 37.3 Å². The average Bonchev–Trinajstić information content (AvgIpc) is 2.62. The van der Waals surface area contributed by atoms with Crippen LogP contribution < -0.4 is 10.2 Å². The minimum atomic E-state index is -0.628. The number of ether oxygens (including phenoxy) is 2. The van der Waals surface area contributed by atoms with E-state index in [0.29, 0.717) is 16.7 Å². The minimum Gasteiger partial charge on any atom is -0.497 e. The lowest BCUT2D eigenvalue weighted by Gasteiger charge is -2.14. The number of hydrogen-bond acceptors (Lipinski definition) is 4. The molecule has 0 bridgehead atoms. The molecule has 2 aromatic carbocycles. The van der Waals surface area contributed by atoms with Crippen LogP contribution >= 0.6 is 0 Å². The van der Waals surface area contributed by atoms with Gasteiger partial charge in [0.2, 0.25) is 5.43 Å². The van der Waals surface area contributed by atoms with Crippen LogP contribution in [0.15, 0.2) is 59.5 Å². The lowest BCUT2D eigenvalue weighted by Crippen LogP contribution is -2.20. The van der Waals surface area contributed by atoms with Crippen LogP contribution in [0.5, 0.6) is 5.75 Å². The summed E-state index contributed by atoms with van der Waals surface area (Å²) in [6.45, 7) is 1.91. The summed E-state index contributed by atoms with van der Waals surface area (Å²) in [5.41, 5.74) is 1.18. The van der Waals surface area contributed by atoms with Crippen molar-refractivity contribution in [3.05, 3.63) is 70.5 Å². The van der Waals surface area contributed by atoms with Gasteiger partial charge in [-0.2, -0.15) is 0 Å². The molecule has 24 heavy (non-hydrogen) atoms. The highest BCUT2D eigenvalue weighted by atomic mass is 16.5. The molecule has 1 heterocycles. The monoisotopic (exact) mass is 323 g/mol. The van der Waals surface area contributed by atoms with E-state index in [1.54, 1.807) is 25.1 Å². The molecule has 0 unspecified atom stereocenters. The topological polar surface area (TPSA) is 57.5 Å². The number of para-hydroxylation sites is 1. The van der Waals surface area contributed by atoms with Crippen LogP contribution in [0.1, 0.15) is 17.3 Å². The first-order valence-corrected chi connectivity index (χ1v) is 7.61. The SMILES string of the molecule is CCOC(=O)c1cn(-c2ccccc2)c2ccc(OC)cc2c1=O. The van der Waals surface area contributed by atoms with Crippen LogP contribution in [0.2, 0.25) is 0 Å². The Hall–Kier alpha value is -3.08. The number of hydrogen-bond donors (Lipinski definition) is 0. The van der Waals surface area contributed by atoms with Gasteiger partial charge in [-0.15, -0.1) is 0 Å². The first-order chi connectivity index (χ1) is 11.7. The van der Waals surface area contributed by atoms with Crippen molar-refractivity contribution in [1.29, 1.82) is 0 Å². The molecule has 0 amide bonds. The standard InChI is InChI=1S/C19H17NO4/c1-3-24-19(22)16-12-20(13-7-5-4-6-8-13)17-10-9-14(23-2)11-15(17)18(16)21/h4-12H,3H2,1-2H3. The predicted molar refractivity (Wildman–Crippen MR) is 92.1 cm³/mol. The third-order valence-electron chi connectivity index (χ3n) is 3.74. The zero-order valence-electron chi connectivity index (χ0n) is 13.5. The fourth-order valence-corrected chi connectivity index (χ4v) is 2.59.